The van der Waals surface area contributed by atoms with Crippen LogP contribution >= 0.6 is 23.4 Å². The van der Waals surface area contributed by atoms with Gasteiger partial charge in [0, 0.05) is 24.4 Å². The van der Waals surface area contributed by atoms with E-state index >= 15 is 0 Å². The van der Waals surface area contributed by atoms with Gasteiger partial charge in [-0.1, -0.05) is 11.6 Å². The summed E-state index contributed by atoms with van der Waals surface area (Å²) in [7, 11) is 1.81. The van der Waals surface area contributed by atoms with Crippen LogP contribution in [0.15, 0.2) is 69.5 Å². The topological polar surface area (TPSA) is 66.0 Å². The Kier molecular flexibility index (Phi) is 5.94. The van der Waals surface area contributed by atoms with Crippen molar-refractivity contribution in [3.63, 3.8) is 0 Å². The molecule has 0 fully saturated rings. The lowest BCUT2D eigenvalue weighted by Gasteiger charge is -2.04. The molecule has 0 aliphatic carbocycles. The van der Waals surface area contributed by atoms with Crippen LogP contribution in [0.25, 0.3) is 11.3 Å². The lowest BCUT2D eigenvalue weighted by atomic mass is 10.1. The average Bonchev–Trinajstić information content (AvgIpc) is 3.31. The molecular formula is C20H16ClFN4O2S. The fraction of sp³-hybridized carbons (Fsp3) is 0.150. The van der Waals surface area contributed by atoms with Gasteiger partial charge in [0.25, 0.3) is 0 Å². The van der Waals surface area contributed by atoms with E-state index in [4.69, 9.17) is 20.8 Å². The van der Waals surface area contributed by atoms with Crippen molar-refractivity contribution in [2.75, 3.05) is 0 Å². The minimum atomic E-state index is -0.299. The Morgan fingerprint density at radius 3 is 2.66 bits per heavy atom. The summed E-state index contributed by atoms with van der Waals surface area (Å²) in [6.45, 7) is 0.629. The molecule has 0 atom stereocenters. The molecule has 4 aromatic rings. The summed E-state index contributed by atoms with van der Waals surface area (Å²) in [6.07, 6.45) is 3.06. The molecule has 0 saturated heterocycles. The molecule has 0 spiro atoms. The minimum absolute atomic E-state index is 0.299. The highest BCUT2D eigenvalue weighted by Gasteiger charge is 2.16. The fourth-order valence-corrected chi connectivity index (χ4v) is 3.50. The first-order valence-corrected chi connectivity index (χ1v) is 9.86. The van der Waals surface area contributed by atoms with Crippen molar-refractivity contribution in [1.29, 1.82) is 0 Å². The smallest absolute Gasteiger partial charge is 0.172 e. The molecule has 4 rings (SSSR count). The number of aryl methyl sites for hydroxylation is 1. The van der Waals surface area contributed by atoms with E-state index in [-0.39, 0.29) is 5.82 Å². The summed E-state index contributed by atoms with van der Waals surface area (Å²) in [6, 6.07) is 11.6. The molecule has 148 valence electrons. The molecular weight excluding hydrogens is 415 g/mol. The first-order valence-electron chi connectivity index (χ1n) is 8.67. The number of ether oxygens (including phenoxy) is 1. The number of rotatable bonds is 7. The summed E-state index contributed by atoms with van der Waals surface area (Å²) in [4.78, 5) is 8.45. The van der Waals surface area contributed by atoms with E-state index in [0.29, 0.717) is 29.1 Å². The molecule has 0 amide bonds. The standard InChI is InChI=1S/C20H16ClFN4O2S/c1-26-18(24-12-25-26)11-27-10-14-8-17(13-2-5-16(22)6-3-13)28-20(14)29-19-7-4-15(21)9-23-19/h2-9,12H,10-11H2,1H3. The number of hydrogen-bond acceptors (Lipinski definition) is 6. The van der Waals surface area contributed by atoms with Gasteiger partial charge in [-0.25, -0.2) is 14.4 Å². The summed E-state index contributed by atoms with van der Waals surface area (Å²) in [5.74, 6) is 1.05. The predicted octanol–water partition coefficient (Wildman–Crippen LogP) is 5.13. The largest absolute Gasteiger partial charge is 0.449 e. The van der Waals surface area contributed by atoms with E-state index in [2.05, 4.69) is 15.1 Å². The molecule has 0 N–H and O–H groups in total. The zero-order chi connectivity index (χ0) is 20.2. The van der Waals surface area contributed by atoms with E-state index in [1.165, 1.54) is 30.2 Å². The number of aromatic nitrogens is 4. The van der Waals surface area contributed by atoms with Crippen molar-refractivity contribution >= 4 is 23.4 Å². The summed E-state index contributed by atoms with van der Waals surface area (Å²) in [5.41, 5.74) is 1.63. The molecule has 0 saturated carbocycles. The third-order valence-electron chi connectivity index (χ3n) is 4.09. The summed E-state index contributed by atoms with van der Waals surface area (Å²) in [5, 5.41) is 5.98. The van der Waals surface area contributed by atoms with Gasteiger partial charge in [0.05, 0.1) is 11.6 Å². The van der Waals surface area contributed by atoms with Crippen LogP contribution in [0.3, 0.4) is 0 Å². The van der Waals surface area contributed by atoms with Gasteiger partial charge < -0.3 is 9.15 Å². The van der Waals surface area contributed by atoms with Crippen LogP contribution in [0.5, 0.6) is 0 Å². The van der Waals surface area contributed by atoms with Crippen LogP contribution in [0.2, 0.25) is 5.02 Å². The van der Waals surface area contributed by atoms with Gasteiger partial charge in [-0.3, -0.25) is 4.68 Å². The zero-order valence-corrected chi connectivity index (χ0v) is 17.0. The van der Waals surface area contributed by atoms with Crippen LogP contribution in [0, 0.1) is 5.82 Å². The number of benzene rings is 1. The molecule has 3 aromatic heterocycles. The van der Waals surface area contributed by atoms with Crippen molar-refractivity contribution in [2.45, 2.75) is 23.3 Å². The minimum Gasteiger partial charge on any atom is -0.449 e. The highest BCUT2D eigenvalue weighted by Crippen LogP contribution is 2.36. The molecule has 1 aromatic carbocycles. The maximum absolute atomic E-state index is 13.3. The van der Waals surface area contributed by atoms with E-state index in [9.17, 15) is 4.39 Å². The number of halogens is 2. The van der Waals surface area contributed by atoms with Crippen LogP contribution in [0.1, 0.15) is 11.4 Å². The number of furan rings is 1. The zero-order valence-electron chi connectivity index (χ0n) is 15.4. The number of nitrogens with zero attached hydrogens (tertiary/aromatic N) is 4. The first-order chi connectivity index (χ1) is 14.1. The summed E-state index contributed by atoms with van der Waals surface area (Å²) >= 11 is 7.28. The third-order valence-corrected chi connectivity index (χ3v) is 5.30. The van der Waals surface area contributed by atoms with E-state index < -0.39 is 0 Å². The Labute approximate surface area is 175 Å². The van der Waals surface area contributed by atoms with Crippen LogP contribution in [-0.2, 0) is 25.0 Å². The lowest BCUT2D eigenvalue weighted by Crippen LogP contribution is -2.02. The predicted molar refractivity (Wildman–Crippen MR) is 107 cm³/mol. The summed E-state index contributed by atoms with van der Waals surface area (Å²) < 4.78 is 26.8. The second-order valence-corrected chi connectivity index (χ2v) is 7.57. The second kappa shape index (κ2) is 8.77. The monoisotopic (exact) mass is 430 g/mol. The normalized spacial score (nSPS) is 11.1. The van der Waals surface area contributed by atoms with E-state index in [1.54, 1.807) is 29.1 Å². The Bertz CT molecular complexity index is 1100. The van der Waals surface area contributed by atoms with Crippen molar-refractivity contribution in [1.82, 2.24) is 19.7 Å². The Morgan fingerprint density at radius 1 is 1.14 bits per heavy atom. The van der Waals surface area contributed by atoms with Gasteiger partial charge in [0.1, 0.15) is 29.5 Å². The second-order valence-electron chi connectivity index (χ2n) is 6.14. The van der Waals surface area contributed by atoms with Crippen molar-refractivity contribution < 1.29 is 13.5 Å². The fourth-order valence-electron chi connectivity index (χ4n) is 2.58. The van der Waals surface area contributed by atoms with Crippen molar-refractivity contribution in [3.05, 3.63) is 77.2 Å². The molecule has 29 heavy (non-hydrogen) atoms. The molecule has 0 bridgehead atoms. The lowest BCUT2D eigenvalue weighted by molar-refractivity contribution is 0.0967. The third kappa shape index (κ3) is 4.84. The molecule has 0 radical (unpaired) electrons. The quantitative estimate of drug-likeness (QED) is 0.405. The maximum atomic E-state index is 13.3. The molecule has 0 aliphatic heterocycles. The van der Waals surface area contributed by atoms with Gasteiger partial charge in [0.2, 0.25) is 0 Å². The molecule has 0 aliphatic rings. The van der Waals surface area contributed by atoms with Crippen LogP contribution in [0.4, 0.5) is 4.39 Å². The Balaban J connectivity index is 1.57. The SMILES string of the molecule is Cn1ncnc1COCc1cc(-c2ccc(F)cc2)oc1Sc1ccc(Cl)cn1. The number of hydrogen-bond donors (Lipinski definition) is 0. The van der Waals surface area contributed by atoms with E-state index in [0.717, 1.165) is 22.0 Å². The molecule has 9 heteroatoms. The number of pyridine rings is 1. The van der Waals surface area contributed by atoms with Gasteiger partial charge in [-0.15, -0.1) is 0 Å². The van der Waals surface area contributed by atoms with Gasteiger partial charge in [-0.2, -0.15) is 5.10 Å². The molecule has 3 heterocycles. The first kappa shape index (κ1) is 19.6. The molecule has 6 nitrogen and oxygen atoms in total. The van der Waals surface area contributed by atoms with Crippen molar-refractivity contribution in [2.24, 2.45) is 7.05 Å². The Hall–Kier alpha value is -2.68. The molecule has 0 unspecified atom stereocenters. The van der Waals surface area contributed by atoms with Gasteiger partial charge in [-0.05, 0) is 54.2 Å². The van der Waals surface area contributed by atoms with Gasteiger partial charge in [0.15, 0.2) is 10.9 Å². The van der Waals surface area contributed by atoms with Gasteiger partial charge >= 0.3 is 0 Å². The Morgan fingerprint density at radius 2 is 1.97 bits per heavy atom. The highest BCUT2D eigenvalue weighted by molar-refractivity contribution is 7.99. The van der Waals surface area contributed by atoms with Crippen LogP contribution in [-0.4, -0.2) is 19.7 Å². The average molecular weight is 431 g/mol. The highest BCUT2D eigenvalue weighted by atomic mass is 35.5. The van der Waals surface area contributed by atoms with Crippen molar-refractivity contribution in [3.8, 4) is 11.3 Å². The maximum Gasteiger partial charge on any atom is 0.172 e. The van der Waals surface area contributed by atoms with Crippen LogP contribution < -0.4 is 0 Å². The van der Waals surface area contributed by atoms with E-state index in [1.807, 2.05) is 19.2 Å².